The van der Waals surface area contributed by atoms with Crippen molar-refractivity contribution in [2.45, 2.75) is 19.3 Å². The predicted octanol–water partition coefficient (Wildman–Crippen LogP) is 3.90. The van der Waals surface area contributed by atoms with Gasteiger partial charge in [-0.15, -0.1) is 0 Å². The van der Waals surface area contributed by atoms with Crippen molar-refractivity contribution in [2.75, 3.05) is 0 Å². The van der Waals surface area contributed by atoms with Crippen LogP contribution in [-0.4, -0.2) is 9.97 Å². The SMILES string of the molecule is CC(C)(c1ccc2ccccc2n1)c1ccc(Cl)c(=O)[nH]1. The van der Waals surface area contributed by atoms with Crippen molar-refractivity contribution >= 4 is 22.5 Å². The number of pyridine rings is 2. The Hall–Kier alpha value is -2.13. The Kier molecular flexibility index (Phi) is 3.30. The van der Waals surface area contributed by atoms with E-state index in [2.05, 4.69) is 4.98 Å². The normalized spacial score (nSPS) is 11.8. The van der Waals surface area contributed by atoms with E-state index in [1.807, 2.05) is 56.3 Å². The summed E-state index contributed by atoms with van der Waals surface area (Å²) in [4.78, 5) is 19.3. The van der Waals surface area contributed by atoms with Crippen molar-refractivity contribution in [1.29, 1.82) is 0 Å². The zero-order valence-electron chi connectivity index (χ0n) is 11.9. The number of fused-ring (bicyclic) bond motifs is 1. The molecule has 3 nitrogen and oxygen atoms in total. The quantitative estimate of drug-likeness (QED) is 0.780. The van der Waals surface area contributed by atoms with Gasteiger partial charge < -0.3 is 4.98 Å². The van der Waals surface area contributed by atoms with E-state index >= 15 is 0 Å². The fraction of sp³-hybridized carbons (Fsp3) is 0.176. The average Bonchev–Trinajstić information content (AvgIpc) is 2.49. The highest BCUT2D eigenvalue weighted by atomic mass is 35.5. The molecule has 0 atom stereocenters. The molecule has 0 unspecified atom stereocenters. The summed E-state index contributed by atoms with van der Waals surface area (Å²) in [6, 6.07) is 15.5. The number of benzene rings is 1. The molecule has 1 N–H and O–H groups in total. The summed E-state index contributed by atoms with van der Waals surface area (Å²) < 4.78 is 0. The molecule has 4 heteroatoms. The number of nitrogens with zero attached hydrogens (tertiary/aromatic N) is 1. The molecule has 1 aromatic carbocycles. The van der Waals surface area contributed by atoms with E-state index < -0.39 is 5.41 Å². The number of hydrogen-bond acceptors (Lipinski definition) is 2. The highest BCUT2D eigenvalue weighted by molar-refractivity contribution is 6.30. The maximum absolute atomic E-state index is 11.7. The number of rotatable bonds is 2. The van der Waals surface area contributed by atoms with Crippen LogP contribution in [0.25, 0.3) is 10.9 Å². The average molecular weight is 299 g/mol. The van der Waals surface area contributed by atoms with E-state index in [1.54, 1.807) is 6.07 Å². The first-order chi connectivity index (χ1) is 9.98. The molecule has 0 saturated heterocycles. The van der Waals surface area contributed by atoms with E-state index in [-0.39, 0.29) is 10.6 Å². The number of aromatic amines is 1. The van der Waals surface area contributed by atoms with Crippen LogP contribution in [0.1, 0.15) is 25.2 Å². The molecule has 21 heavy (non-hydrogen) atoms. The molecule has 3 rings (SSSR count). The highest BCUT2D eigenvalue weighted by Crippen LogP contribution is 2.29. The van der Waals surface area contributed by atoms with Crippen molar-refractivity contribution in [3.8, 4) is 0 Å². The van der Waals surface area contributed by atoms with Gasteiger partial charge in [-0.05, 0) is 38.1 Å². The van der Waals surface area contributed by atoms with Gasteiger partial charge in [0.05, 0.1) is 11.2 Å². The van der Waals surface area contributed by atoms with Crippen LogP contribution >= 0.6 is 11.6 Å². The highest BCUT2D eigenvalue weighted by Gasteiger charge is 2.26. The second-order valence-corrected chi connectivity index (χ2v) is 5.97. The smallest absolute Gasteiger partial charge is 0.266 e. The first-order valence-electron chi connectivity index (χ1n) is 6.74. The van der Waals surface area contributed by atoms with E-state index in [9.17, 15) is 4.79 Å². The Labute approximate surface area is 127 Å². The number of aromatic nitrogens is 2. The summed E-state index contributed by atoms with van der Waals surface area (Å²) in [5, 5.41) is 1.29. The van der Waals surface area contributed by atoms with Crippen molar-refractivity contribution in [1.82, 2.24) is 9.97 Å². The van der Waals surface area contributed by atoms with E-state index in [0.29, 0.717) is 0 Å². The molecular weight excluding hydrogens is 284 g/mol. The molecule has 0 aliphatic rings. The van der Waals surface area contributed by atoms with Crippen molar-refractivity contribution in [3.05, 3.63) is 75.3 Å². The van der Waals surface area contributed by atoms with Gasteiger partial charge in [0.25, 0.3) is 5.56 Å². The lowest BCUT2D eigenvalue weighted by molar-refractivity contribution is 0.595. The monoisotopic (exact) mass is 298 g/mol. The Morgan fingerprint density at radius 1 is 1.05 bits per heavy atom. The van der Waals surface area contributed by atoms with Crippen LogP contribution in [0, 0.1) is 0 Å². The number of hydrogen-bond donors (Lipinski definition) is 1. The fourth-order valence-corrected chi connectivity index (χ4v) is 2.48. The van der Waals surface area contributed by atoms with Gasteiger partial charge in [0.2, 0.25) is 0 Å². The summed E-state index contributed by atoms with van der Waals surface area (Å²) in [6.45, 7) is 4.06. The molecule has 106 valence electrons. The zero-order chi connectivity index (χ0) is 15.0. The van der Waals surface area contributed by atoms with Gasteiger partial charge in [-0.3, -0.25) is 9.78 Å². The number of halogens is 1. The molecule has 0 aliphatic carbocycles. The lowest BCUT2D eigenvalue weighted by Gasteiger charge is -2.24. The largest absolute Gasteiger partial charge is 0.324 e. The fourth-order valence-electron chi connectivity index (χ4n) is 2.37. The minimum absolute atomic E-state index is 0.195. The standard InChI is InChI=1S/C17H15ClN2O/c1-17(2,15-10-8-12(18)16(21)20-15)14-9-7-11-5-3-4-6-13(11)19-14/h3-10H,1-2H3,(H,20,21). The third kappa shape index (κ3) is 2.45. The number of nitrogens with one attached hydrogen (secondary N) is 1. The molecule has 0 amide bonds. The minimum atomic E-state index is -0.409. The third-order valence-corrected chi connectivity index (χ3v) is 4.07. The van der Waals surface area contributed by atoms with Crippen LogP contribution < -0.4 is 5.56 Å². The second-order valence-electron chi connectivity index (χ2n) is 5.56. The second kappa shape index (κ2) is 5.01. The van der Waals surface area contributed by atoms with E-state index in [0.717, 1.165) is 22.3 Å². The summed E-state index contributed by atoms with van der Waals surface area (Å²) >= 11 is 5.80. The first-order valence-corrected chi connectivity index (χ1v) is 7.12. The van der Waals surface area contributed by atoms with Crippen molar-refractivity contribution in [3.63, 3.8) is 0 Å². The van der Waals surface area contributed by atoms with Crippen molar-refractivity contribution < 1.29 is 0 Å². The van der Waals surface area contributed by atoms with Gasteiger partial charge in [-0.2, -0.15) is 0 Å². The molecular formula is C17H15ClN2O. The summed E-state index contributed by atoms with van der Waals surface area (Å²) in [6.07, 6.45) is 0. The van der Waals surface area contributed by atoms with Gasteiger partial charge in [0, 0.05) is 16.5 Å². The van der Waals surface area contributed by atoms with E-state index in [4.69, 9.17) is 16.6 Å². The Balaban J connectivity index is 2.14. The minimum Gasteiger partial charge on any atom is -0.324 e. The van der Waals surface area contributed by atoms with Gasteiger partial charge in [-0.25, -0.2) is 0 Å². The van der Waals surface area contributed by atoms with Crippen LogP contribution in [0.5, 0.6) is 0 Å². The summed E-state index contributed by atoms with van der Waals surface area (Å²) in [5.41, 5.74) is 1.95. The van der Waals surface area contributed by atoms with Crippen LogP contribution in [0.15, 0.2) is 53.3 Å². The first kappa shape index (κ1) is 13.8. The Morgan fingerprint density at radius 3 is 2.57 bits per heavy atom. The Bertz CT molecular complexity index is 868. The van der Waals surface area contributed by atoms with Crippen LogP contribution in [0.3, 0.4) is 0 Å². The number of H-pyrrole nitrogens is 1. The third-order valence-electron chi connectivity index (χ3n) is 3.77. The van der Waals surface area contributed by atoms with Crippen LogP contribution in [0.4, 0.5) is 0 Å². The molecule has 0 fully saturated rings. The van der Waals surface area contributed by atoms with E-state index in [1.165, 1.54) is 0 Å². The summed E-state index contributed by atoms with van der Waals surface area (Å²) in [7, 11) is 0. The van der Waals surface area contributed by atoms with Crippen LogP contribution in [0.2, 0.25) is 5.02 Å². The molecule has 0 bridgehead atoms. The maximum atomic E-state index is 11.7. The van der Waals surface area contributed by atoms with Gasteiger partial charge in [0.1, 0.15) is 5.02 Å². The van der Waals surface area contributed by atoms with Gasteiger partial charge in [0.15, 0.2) is 0 Å². The summed E-state index contributed by atoms with van der Waals surface area (Å²) in [5.74, 6) is 0. The zero-order valence-corrected chi connectivity index (χ0v) is 12.6. The maximum Gasteiger partial charge on any atom is 0.266 e. The predicted molar refractivity (Wildman–Crippen MR) is 85.9 cm³/mol. The van der Waals surface area contributed by atoms with Crippen molar-refractivity contribution in [2.24, 2.45) is 0 Å². The molecule has 0 spiro atoms. The molecule has 2 aromatic heterocycles. The lowest BCUT2D eigenvalue weighted by atomic mass is 9.84. The number of para-hydroxylation sites is 1. The topological polar surface area (TPSA) is 45.8 Å². The molecule has 0 saturated carbocycles. The Morgan fingerprint density at radius 2 is 1.81 bits per heavy atom. The molecule has 3 aromatic rings. The molecule has 0 radical (unpaired) electrons. The van der Waals surface area contributed by atoms with Gasteiger partial charge in [-0.1, -0.05) is 35.9 Å². The molecule has 2 heterocycles. The lowest BCUT2D eigenvalue weighted by Crippen LogP contribution is -2.25. The van der Waals surface area contributed by atoms with Gasteiger partial charge >= 0.3 is 0 Å². The molecule has 0 aliphatic heterocycles. The van der Waals surface area contributed by atoms with Crippen LogP contribution in [-0.2, 0) is 5.41 Å².